The van der Waals surface area contributed by atoms with Crippen molar-refractivity contribution >= 4 is 6.09 Å². The summed E-state index contributed by atoms with van der Waals surface area (Å²) in [5, 5.41) is 2.84. The summed E-state index contributed by atoms with van der Waals surface area (Å²) >= 11 is 0. The summed E-state index contributed by atoms with van der Waals surface area (Å²) in [7, 11) is 1.69. The molecule has 158 valence electrons. The molecule has 0 saturated heterocycles. The molecule has 0 bridgehead atoms. The van der Waals surface area contributed by atoms with Crippen LogP contribution in [0.5, 0.6) is 11.5 Å². The number of carbonyl (C=O) groups excluding carboxylic acids is 1. The van der Waals surface area contributed by atoms with Crippen molar-refractivity contribution in [2.45, 2.75) is 65.3 Å². The Kier molecular flexibility index (Phi) is 7.62. The molecule has 1 aliphatic rings. The van der Waals surface area contributed by atoms with Gasteiger partial charge in [-0.05, 0) is 44.2 Å². The Morgan fingerprint density at radius 1 is 1.17 bits per heavy atom. The molecule has 5 heteroatoms. The van der Waals surface area contributed by atoms with E-state index < -0.39 is 0 Å². The van der Waals surface area contributed by atoms with Gasteiger partial charge in [0.15, 0.2) is 5.75 Å². The second kappa shape index (κ2) is 10.4. The fourth-order valence-electron chi connectivity index (χ4n) is 4.17. The standard InChI is InChI=1S/C24H34N2O3/c1-4-5-15-25-24(27)29-23-16-21(20-13-9-10-14-22(20)28-3)26(18(23)2)17-19-11-7-6-8-12-19/h9-10,13-14,16,19H,4-8,11-12,15,17H2,1-3H3,(H,25,27). The molecular weight excluding hydrogens is 364 g/mol. The Bertz CT molecular complexity index is 806. The average Bonchev–Trinajstić information content (AvgIpc) is 3.04. The van der Waals surface area contributed by atoms with E-state index in [0.29, 0.717) is 18.2 Å². The minimum Gasteiger partial charge on any atom is -0.496 e. The van der Waals surface area contributed by atoms with E-state index in [9.17, 15) is 4.79 Å². The van der Waals surface area contributed by atoms with E-state index in [4.69, 9.17) is 9.47 Å². The maximum absolute atomic E-state index is 12.2. The van der Waals surface area contributed by atoms with Crippen LogP contribution < -0.4 is 14.8 Å². The van der Waals surface area contributed by atoms with Crippen molar-refractivity contribution in [2.75, 3.05) is 13.7 Å². The first-order valence-corrected chi connectivity index (χ1v) is 10.9. The van der Waals surface area contributed by atoms with Gasteiger partial charge in [-0.25, -0.2) is 4.79 Å². The molecule has 0 aliphatic heterocycles. The Morgan fingerprint density at radius 2 is 1.93 bits per heavy atom. The number of carbonyl (C=O) groups is 1. The van der Waals surface area contributed by atoms with Gasteiger partial charge >= 0.3 is 6.09 Å². The maximum Gasteiger partial charge on any atom is 0.412 e. The number of nitrogens with zero attached hydrogens (tertiary/aromatic N) is 1. The summed E-state index contributed by atoms with van der Waals surface area (Å²) in [4.78, 5) is 12.2. The smallest absolute Gasteiger partial charge is 0.412 e. The number of unbranched alkanes of at least 4 members (excludes halogenated alkanes) is 1. The van der Waals surface area contributed by atoms with E-state index in [-0.39, 0.29) is 6.09 Å². The second-order valence-corrected chi connectivity index (χ2v) is 7.96. The summed E-state index contributed by atoms with van der Waals surface area (Å²) < 4.78 is 13.6. The first kappa shape index (κ1) is 21.3. The van der Waals surface area contributed by atoms with Gasteiger partial charge in [-0.1, -0.05) is 44.7 Å². The van der Waals surface area contributed by atoms with Crippen LogP contribution >= 0.6 is 0 Å². The van der Waals surface area contributed by atoms with E-state index in [2.05, 4.69) is 22.9 Å². The molecule has 1 fully saturated rings. The normalized spacial score (nSPS) is 14.6. The van der Waals surface area contributed by atoms with Crippen LogP contribution in [0.15, 0.2) is 30.3 Å². The molecular formula is C24H34N2O3. The van der Waals surface area contributed by atoms with Crippen LogP contribution in [-0.4, -0.2) is 24.3 Å². The molecule has 0 spiro atoms. The summed E-state index contributed by atoms with van der Waals surface area (Å²) in [6, 6.07) is 10.0. The number of para-hydroxylation sites is 1. The van der Waals surface area contributed by atoms with Gasteiger partial charge in [0.05, 0.1) is 18.5 Å². The monoisotopic (exact) mass is 398 g/mol. The topological polar surface area (TPSA) is 52.5 Å². The number of methoxy groups -OCH3 is 1. The minimum absolute atomic E-state index is 0.386. The summed E-state index contributed by atoms with van der Waals surface area (Å²) in [6.07, 6.45) is 8.07. The lowest BCUT2D eigenvalue weighted by molar-refractivity contribution is 0.200. The van der Waals surface area contributed by atoms with Gasteiger partial charge in [0, 0.05) is 24.7 Å². The predicted octanol–water partition coefficient (Wildman–Crippen LogP) is 5.94. The average molecular weight is 399 g/mol. The van der Waals surface area contributed by atoms with Crippen molar-refractivity contribution < 1.29 is 14.3 Å². The third kappa shape index (κ3) is 5.34. The molecule has 0 unspecified atom stereocenters. The molecule has 1 saturated carbocycles. The van der Waals surface area contributed by atoms with Crippen LogP contribution in [0, 0.1) is 12.8 Å². The molecule has 3 rings (SSSR count). The summed E-state index contributed by atoms with van der Waals surface area (Å²) in [5.41, 5.74) is 3.05. The van der Waals surface area contributed by atoms with E-state index in [1.54, 1.807) is 7.11 Å². The van der Waals surface area contributed by atoms with E-state index >= 15 is 0 Å². The second-order valence-electron chi connectivity index (χ2n) is 7.96. The van der Waals surface area contributed by atoms with Crippen LogP contribution in [0.1, 0.15) is 57.6 Å². The highest BCUT2D eigenvalue weighted by Gasteiger charge is 2.22. The number of nitrogens with one attached hydrogen (secondary N) is 1. The molecule has 1 heterocycles. The minimum atomic E-state index is -0.386. The number of aromatic nitrogens is 1. The van der Waals surface area contributed by atoms with Crippen molar-refractivity contribution in [1.29, 1.82) is 0 Å². The molecule has 0 radical (unpaired) electrons. The Hall–Kier alpha value is -2.43. The molecule has 0 atom stereocenters. The fourth-order valence-corrected chi connectivity index (χ4v) is 4.17. The SMILES string of the molecule is CCCCNC(=O)Oc1cc(-c2ccccc2OC)n(CC2CCCCC2)c1C. The lowest BCUT2D eigenvalue weighted by atomic mass is 9.89. The van der Waals surface area contributed by atoms with Crippen LogP contribution in [0.25, 0.3) is 11.3 Å². The van der Waals surface area contributed by atoms with Crippen molar-refractivity contribution in [1.82, 2.24) is 9.88 Å². The number of hydrogen-bond acceptors (Lipinski definition) is 3. The summed E-state index contributed by atoms with van der Waals surface area (Å²) in [5.74, 6) is 2.11. The van der Waals surface area contributed by atoms with E-state index in [1.807, 2.05) is 31.2 Å². The predicted molar refractivity (Wildman–Crippen MR) is 117 cm³/mol. The first-order valence-electron chi connectivity index (χ1n) is 10.9. The zero-order valence-electron chi connectivity index (χ0n) is 18.0. The van der Waals surface area contributed by atoms with E-state index in [0.717, 1.165) is 42.1 Å². The highest BCUT2D eigenvalue weighted by Crippen LogP contribution is 2.37. The van der Waals surface area contributed by atoms with Crippen LogP contribution in [0.3, 0.4) is 0 Å². The van der Waals surface area contributed by atoms with Gasteiger partial charge < -0.3 is 19.4 Å². The van der Waals surface area contributed by atoms with Gasteiger partial charge in [-0.3, -0.25) is 0 Å². The highest BCUT2D eigenvalue weighted by atomic mass is 16.6. The fraction of sp³-hybridized carbons (Fsp3) is 0.542. The van der Waals surface area contributed by atoms with Crippen LogP contribution in [0.4, 0.5) is 4.79 Å². The lowest BCUT2D eigenvalue weighted by Gasteiger charge is -2.24. The van der Waals surface area contributed by atoms with Crippen molar-refractivity contribution in [3.8, 4) is 22.8 Å². The molecule has 1 aromatic carbocycles. The zero-order chi connectivity index (χ0) is 20.6. The van der Waals surface area contributed by atoms with Gasteiger partial charge in [0.2, 0.25) is 0 Å². The van der Waals surface area contributed by atoms with Gasteiger partial charge in [-0.2, -0.15) is 0 Å². The van der Waals surface area contributed by atoms with Crippen LogP contribution in [-0.2, 0) is 6.54 Å². The Balaban J connectivity index is 1.90. The quantitative estimate of drug-likeness (QED) is 0.560. The highest BCUT2D eigenvalue weighted by molar-refractivity contribution is 5.74. The first-order chi connectivity index (χ1) is 14.1. The Labute approximate surface area is 174 Å². The zero-order valence-corrected chi connectivity index (χ0v) is 18.0. The number of rotatable bonds is 8. The molecule has 1 aromatic heterocycles. The number of hydrogen-bond donors (Lipinski definition) is 1. The van der Waals surface area contributed by atoms with Gasteiger partial charge in [0.1, 0.15) is 5.75 Å². The van der Waals surface area contributed by atoms with Crippen LogP contribution in [0.2, 0.25) is 0 Å². The molecule has 5 nitrogen and oxygen atoms in total. The maximum atomic E-state index is 12.2. The third-order valence-corrected chi connectivity index (χ3v) is 5.87. The lowest BCUT2D eigenvalue weighted by Crippen LogP contribution is -2.27. The summed E-state index contributed by atoms with van der Waals surface area (Å²) in [6.45, 7) is 5.72. The van der Waals surface area contributed by atoms with E-state index in [1.165, 1.54) is 32.1 Å². The van der Waals surface area contributed by atoms with Gasteiger partial charge in [0.25, 0.3) is 0 Å². The molecule has 1 aliphatic carbocycles. The van der Waals surface area contributed by atoms with Crippen molar-refractivity contribution in [3.05, 3.63) is 36.0 Å². The number of ether oxygens (including phenoxy) is 2. The Morgan fingerprint density at radius 3 is 2.66 bits per heavy atom. The van der Waals surface area contributed by atoms with Gasteiger partial charge in [-0.15, -0.1) is 0 Å². The number of amides is 1. The largest absolute Gasteiger partial charge is 0.496 e. The number of benzene rings is 1. The molecule has 1 N–H and O–H groups in total. The molecule has 29 heavy (non-hydrogen) atoms. The van der Waals surface area contributed by atoms with Crippen molar-refractivity contribution in [3.63, 3.8) is 0 Å². The molecule has 1 amide bonds. The third-order valence-electron chi connectivity index (χ3n) is 5.87. The van der Waals surface area contributed by atoms with Crippen molar-refractivity contribution in [2.24, 2.45) is 5.92 Å². The molecule has 2 aromatic rings.